The number of hydrogen-bond donors (Lipinski definition) is 3. The van der Waals surface area contributed by atoms with Crippen LogP contribution in [0.2, 0.25) is 0 Å². The number of aromatic nitrogens is 5. The number of aromatic amines is 1. The highest BCUT2D eigenvalue weighted by molar-refractivity contribution is 6.12. The molecule has 3 heterocycles. The summed E-state index contributed by atoms with van der Waals surface area (Å²) in [6.07, 6.45) is 1.27. The second-order valence-electron chi connectivity index (χ2n) is 4.86. The van der Waals surface area contributed by atoms with Gasteiger partial charge in [0.05, 0.1) is 12.5 Å². The summed E-state index contributed by atoms with van der Waals surface area (Å²) in [5, 5.41) is 9.41. The number of nitrogens with zero attached hydrogens (tertiary/aromatic N) is 4. The largest absolute Gasteiger partial charge is 0.497 e. The normalized spacial score (nSPS) is 11.0. The van der Waals surface area contributed by atoms with E-state index in [1.165, 1.54) is 6.33 Å². The van der Waals surface area contributed by atoms with Gasteiger partial charge < -0.3 is 14.9 Å². The predicted molar refractivity (Wildman–Crippen MR) is 84.6 cm³/mol. The Kier molecular flexibility index (Phi) is 3.02. The van der Waals surface area contributed by atoms with Crippen LogP contribution in [-0.4, -0.2) is 38.2 Å². The lowest BCUT2D eigenvalue weighted by atomic mass is 10.2. The molecule has 0 saturated heterocycles. The molecule has 1 aromatic carbocycles. The number of H-pyrrole nitrogens is 1. The van der Waals surface area contributed by atoms with Gasteiger partial charge in [-0.1, -0.05) is 0 Å². The number of nitrogens with one attached hydrogen (secondary N) is 2. The van der Waals surface area contributed by atoms with Gasteiger partial charge in [0.2, 0.25) is 0 Å². The van der Waals surface area contributed by atoms with E-state index in [1.54, 1.807) is 25.3 Å². The summed E-state index contributed by atoms with van der Waals surface area (Å²) < 4.78 is 10.6. The molecule has 4 rings (SSSR count). The molecule has 4 N–H and O–H groups in total. The molecule has 0 radical (unpaired) electrons. The average molecular weight is 325 g/mol. The van der Waals surface area contributed by atoms with Gasteiger partial charge in [-0.15, -0.1) is 0 Å². The summed E-state index contributed by atoms with van der Waals surface area (Å²) >= 11 is 0. The van der Waals surface area contributed by atoms with Crippen molar-refractivity contribution in [1.29, 1.82) is 0 Å². The zero-order chi connectivity index (χ0) is 16.7. The van der Waals surface area contributed by atoms with Gasteiger partial charge in [0.15, 0.2) is 11.2 Å². The molecule has 3 aromatic heterocycles. The number of rotatable bonds is 3. The molecule has 0 aliphatic heterocycles. The Morgan fingerprint density at radius 2 is 2.25 bits per heavy atom. The zero-order valence-electron chi connectivity index (χ0n) is 12.4. The highest BCUT2D eigenvalue weighted by Crippen LogP contribution is 2.24. The van der Waals surface area contributed by atoms with Crippen molar-refractivity contribution in [3.8, 4) is 5.75 Å². The summed E-state index contributed by atoms with van der Waals surface area (Å²) in [7, 11) is 1.56. The standard InChI is InChI=1S/C14H11N7O3/c1-23-6-2-3-8-7(4-6)18-14(24-8)19-13(22)10-9-11(15)16-5-17-12(9)21-20-10/h2-5H,1H3,(H,18,19,22)(H3,15,16,17,20,21). The number of carbonyl (C=O) groups is 1. The Labute approximate surface area is 134 Å². The number of fused-ring (bicyclic) bond motifs is 2. The molecule has 1 amide bonds. The highest BCUT2D eigenvalue weighted by atomic mass is 16.5. The van der Waals surface area contributed by atoms with E-state index in [9.17, 15) is 4.79 Å². The van der Waals surface area contributed by atoms with Crippen LogP contribution >= 0.6 is 0 Å². The van der Waals surface area contributed by atoms with Gasteiger partial charge in [-0.05, 0) is 12.1 Å². The minimum Gasteiger partial charge on any atom is -0.497 e. The van der Waals surface area contributed by atoms with Crippen molar-refractivity contribution in [1.82, 2.24) is 25.1 Å². The Bertz CT molecular complexity index is 1070. The minimum atomic E-state index is -0.516. The van der Waals surface area contributed by atoms with Gasteiger partial charge in [-0.25, -0.2) is 9.97 Å². The van der Waals surface area contributed by atoms with Gasteiger partial charge in [-0.2, -0.15) is 10.1 Å². The Hall–Kier alpha value is -3.69. The fraction of sp³-hybridized carbons (Fsp3) is 0.0714. The van der Waals surface area contributed by atoms with Crippen molar-refractivity contribution < 1.29 is 13.9 Å². The number of nitrogens with two attached hydrogens (primary N) is 1. The maximum Gasteiger partial charge on any atom is 0.302 e. The molecule has 24 heavy (non-hydrogen) atoms. The molecule has 10 nitrogen and oxygen atoms in total. The maximum absolute atomic E-state index is 12.4. The second-order valence-corrected chi connectivity index (χ2v) is 4.86. The third-order valence-corrected chi connectivity index (χ3v) is 3.42. The van der Waals surface area contributed by atoms with E-state index in [0.29, 0.717) is 27.9 Å². The molecule has 0 aliphatic carbocycles. The molecule has 0 unspecified atom stereocenters. The van der Waals surface area contributed by atoms with Gasteiger partial charge in [0.1, 0.15) is 29.1 Å². The van der Waals surface area contributed by atoms with Gasteiger partial charge in [0.25, 0.3) is 5.91 Å². The average Bonchev–Trinajstić information content (AvgIpc) is 3.18. The molecular formula is C14H11N7O3. The summed E-state index contributed by atoms with van der Waals surface area (Å²) in [4.78, 5) is 24.4. The fourth-order valence-electron chi connectivity index (χ4n) is 2.29. The van der Waals surface area contributed by atoms with E-state index in [4.69, 9.17) is 14.9 Å². The number of methoxy groups -OCH3 is 1. The van der Waals surface area contributed by atoms with Crippen molar-refractivity contribution in [3.05, 3.63) is 30.2 Å². The predicted octanol–water partition coefficient (Wildman–Crippen LogP) is 1.34. The number of nitrogen functional groups attached to an aromatic ring is 1. The second kappa shape index (κ2) is 5.19. The van der Waals surface area contributed by atoms with Crippen molar-refractivity contribution in [2.24, 2.45) is 0 Å². The van der Waals surface area contributed by atoms with Crippen molar-refractivity contribution >= 4 is 39.9 Å². The Balaban J connectivity index is 1.68. The summed E-state index contributed by atoms with van der Waals surface area (Å²) in [5.74, 6) is 0.275. The molecular weight excluding hydrogens is 314 g/mol. The van der Waals surface area contributed by atoms with E-state index in [2.05, 4.69) is 30.5 Å². The molecule has 4 aromatic rings. The van der Waals surface area contributed by atoms with Crippen LogP contribution in [-0.2, 0) is 0 Å². The smallest absolute Gasteiger partial charge is 0.302 e. The number of oxazole rings is 1. The third kappa shape index (κ3) is 2.17. The number of amides is 1. The zero-order valence-corrected chi connectivity index (χ0v) is 12.4. The molecule has 0 fully saturated rings. The quantitative estimate of drug-likeness (QED) is 0.511. The van der Waals surface area contributed by atoms with Gasteiger partial charge >= 0.3 is 6.01 Å². The van der Waals surface area contributed by atoms with E-state index in [0.717, 1.165) is 0 Å². The van der Waals surface area contributed by atoms with Gasteiger partial charge in [-0.3, -0.25) is 15.2 Å². The molecule has 0 aliphatic rings. The Morgan fingerprint density at radius 1 is 1.38 bits per heavy atom. The van der Waals surface area contributed by atoms with Crippen LogP contribution in [0.15, 0.2) is 28.9 Å². The first-order valence-electron chi connectivity index (χ1n) is 6.86. The number of ether oxygens (including phenoxy) is 1. The molecule has 0 bridgehead atoms. The lowest BCUT2D eigenvalue weighted by Crippen LogP contribution is -2.13. The molecule has 0 atom stereocenters. The van der Waals surface area contributed by atoms with Crippen molar-refractivity contribution in [3.63, 3.8) is 0 Å². The number of hydrogen-bond acceptors (Lipinski definition) is 8. The molecule has 0 saturated carbocycles. The van der Waals surface area contributed by atoms with E-state index in [-0.39, 0.29) is 17.5 Å². The van der Waals surface area contributed by atoms with Crippen molar-refractivity contribution in [2.75, 3.05) is 18.2 Å². The maximum atomic E-state index is 12.4. The first-order valence-corrected chi connectivity index (χ1v) is 6.86. The Morgan fingerprint density at radius 3 is 3.08 bits per heavy atom. The third-order valence-electron chi connectivity index (χ3n) is 3.42. The van der Waals surface area contributed by atoms with E-state index >= 15 is 0 Å². The topological polar surface area (TPSA) is 145 Å². The number of anilines is 2. The fourth-order valence-corrected chi connectivity index (χ4v) is 2.29. The van der Waals surface area contributed by atoms with E-state index in [1.807, 2.05) is 0 Å². The van der Waals surface area contributed by atoms with Crippen LogP contribution in [0.3, 0.4) is 0 Å². The summed E-state index contributed by atoms with van der Waals surface area (Å²) in [6, 6.07) is 5.18. The number of benzene rings is 1. The van der Waals surface area contributed by atoms with Gasteiger partial charge in [0, 0.05) is 6.07 Å². The SMILES string of the molecule is COc1ccc2oc(NC(=O)c3[nH]nc4ncnc(N)c34)nc2c1. The summed E-state index contributed by atoms with van der Waals surface area (Å²) in [6.45, 7) is 0. The van der Waals surface area contributed by atoms with Crippen LogP contribution in [0.4, 0.5) is 11.8 Å². The highest BCUT2D eigenvalue weighted by Gasteiger charge is 2.19. The van der Waals surface area contributed by atoms with Crippen LogP contribution in [0.1, 0.15) is 10.5 Å². The molecule has 0 spiro atoms. The summed E-state index contributed by atoms with van der Waals surface area (Å²) in [5.41, 5.74) is 7.28. The molecule has 120 valence electrons. The van der Waals surface area contributed by atoms with Crippen LogP contribution in [0, 0.1) is 0 Å². The van der Waals surface area contributed by atoms with Crippen molar-refractivity contribution in [2.45, 2.75) is 0 Å². The lowest BCUT2D eigenvalue weighted by molar-refractivity contribution is 0.102. The molecule has 10 heteroatoms. The van der Waals surface area contributed by atoms with E-state index < -0.39 is 5.91 Å². The minimum absolute atomic E-state index is 0.0430. The first-order chi connectivity index (χ1) is 11.7. The lowest BCUT2D eigenvalue weighted by Gasteiger charge is -1.99. The monoisotopic (exact) mass is 325 g/mol. The van der Waals surface area contributed by atoms with Crippen LogP contribution in [0.5, 0.6) is 5.75 Å². The van der Waals surface area contributed by atoms with Crippen LogP contribution < -0.4 is 15.8 Å². The van der Waals surface area contributed by atoms with Crippen LogP contribution in [0.25, 0.3) is 22.1 Å². The number of carbonyl (C=O) groups excluding carboxylic acids is 1. The first kappa shape index (κ1) is 13.9.